The van der Waals surface area contributed by atoms with E-state index in [9.17, 15) is 5.11 Å². The number of rotatable bonds is 11. The molecular weight excluding hydrogens is 320 g/mol. The highest BCUT2D eigenvalue weighted by Gasteiger charge is 2.09. The van der Waals surface area contributed by atoms with Crippen LogP contribution < -0.4 is 0 Å². The van der Waals surface area contributed by atoms with E-state index in [1.54, 1.807) is 11.3 Å². The standard InChI is InChI=1S/C16H27BrOS/c1-2-3-4-5-6-7-8-9-10-11-14(18)15-12-13-16(17)19-15/h12-14,18H,2-11H2,1H3. The van der Waals surface area contributed by atoms with E-state index in [-0.39, 0.29) is 6.10 Å². The fourth-order valence-corrected chi connectivity index (χ4v) is 3.74. The van der Waals surface area contributed by atoms with Gasteiger partial charge in [0, 0.05) is 4.88 Å². The maximum atomic E-state index is 10.0. The van der Waals surface area contributed by atoms with Crippen LogP contribution in [0.25, 0.3) is 0 Å². The first-order valence-electron chi connectivity index (χ1n) is 7.67. The van der Waals surface area contributed by atoms with Crippen LogP contribution >= 0.6 is 27.3 Å². The molecule has 1 nitrogen and oxygen atoms in total. The molecule has 0 aliphatic heterocycles. The first kappa shape index (κ1) is 17.2. The average Bonchev–Trinajstić information content (AvgIpc) is 2.83. The lowest BCUT2D eigenvalue weighted by molar-refractivity contribution is 0.167. The molecule has 3 heteroatoms. The fourth-order valence-electron chi connectivity index (χ4n) is 2.30. The summed E-state index contributed by atoms with van der Waals surface area (Å²) in [4.78, 5) is 1.09. The first-order valence-corrected chi connectivity index (χ1v) is 9.28. The molecule has 110 valence electrons. The van der Waals surface area contributed by atoms with Crippen molar-refractivity contribution in [1.29, 1.82) is 0 Å². The first-order chi connectivity index (χ1) is 9.24. The van der Waals surface area contributed by atoms with E-state index in [1.165, 1.54) is 51.4 Å². The fraction of sp³-hybridized carbons (Fsp3) is 0.750. The zero-order chi connectivity index (χ0) is 13.9. The highest BCUT2D eigenvalue weighted by atomic mass is 79.9. The van der Waals surface area contributed by atoms with Crippen LogP contribution in [-0.2, 0) is 0 Å². The molecule has 1 unspecified atom stereocenters. The van der Waals surface area contributed by atoms with Gasteiger partial charge in [-0.1, -0.05) is 64.7 Å². The molecule has 0 radical (unpaired) electrons. The summed E-state index contributed by atoms with van der Waals surface area (Å²) in [6.07, 6.45) is 12.7. The zero-order valence-corrected chi connectivity index (χ0v) is 14.4. The molecule has 0 bridgehead atoms. The molecule has 1 rings (SSSR count). The third kappa shape index (κ3) is 8.11. The Hall–Kier alpha value is 0.140. The van der Waals surface area contributed by atoms with Gasteiger partial charge in [0.1, 0.15) is 0 Å². The molecule has 0 aromatic carbocycles. The summed E-state index contributed by atoms with van der Waals surface area (Å²) in [6, 6.07) is 4.03. The third-order valence-corrected chi connectivity index (χ3v) is 5.23. The number of aliphatic hydroxyl groups is 1. The average molecular weight is 347 g/mol. The summed E-state index contributed by atoms with van der Waals surface area (Å²) >= 11 is 5.08. The molecule has 1 aromatic rings. The van der Waals surface area contributed by atoms with Crippen molar-refractivity contribution in [2.75, 3.05) is 0 Å². The van der Waals surface area contributed by atoms with Gasteiger partial charge in [-0.15, -0.1) is 11.3 Å². The van der Waals surface area contributed by atoms with Gasteiger partial charge in [-0.3, -0.25) is 0 Å². The van der Waals surface area contributed by atoms with Gasteiger partial charge in [0.25, 0.3) is 0 Å². The van der Waals surface area contributed by atoms with Crippen molar-refractivity contribution in [2.45, 2.75) is 77.2 Å². The van der Waals surface area contributed by atoms with Crippen molar-refractivity contribution in [3.05, 3.63) is 20.8 Å². The smallest absolute Gasteiger partial charge is 0.0882 e. The highest BCUT2D eigenvalue weighted by Crippen LogP contribution is 2.30. The number of thiophene rings is 1. The number of halogens is 1. The monoisotopic (exact) mass is 346 g/mol. The summed E-state index contributed by atoms with van der Waals surface area (Å²) in [5.74, 6) is 0. The van der Waals surface area contributed by atoms with Gasteiger partial charge in [-0.25, -0.2) is 0 Å². The van der Waals surface area contributed by atoms with Gasteiger partial charge in [0.05, 0.1) is 9.89 Å². The van der Waals surface area contributed by atoms with Gasteiger partial charge in [-0.05, 0) is 34.5 Å². The molecule has 0 saturated heterocycles. The summed E-state index contributed by atoms with van der Waals surface area (Å²) in [5, 5.41) is 10.0. The predicted molar refractivity (Wildman–Crippen MR) is 88.8 cm³/mol. The van der Waals surface area contributed by atoms with Gasteiger partial charge >= 0.3 is 0 Å². The van der Waals surface area contributed by atoms with E-state index in [2.05, 4.69) is 22.9 Å². The van der Waals surface area contributed by atoms with Crippen molar-refractivity contribution in [2.24, 2.45) is 0 Å². The molecule has 0 amide bonds. The lowest BCUT2D eigenvalue weighted by atomic mass is 10.0. The predicted octanol–water partition coefficient (Wildman–Crippen LogP) is 6.46. The third-order valence-electron chi connectivity index (χ3n) is 3.50. The summed E-state index contributed by atoms with van der Waals surface area (Å²) < 4.78 is 1.11. The van der Waals surface area contributed by atoms with E-state index in [1.807, 2.05) is 12.1 Å². The number of hydrogen-bond donors (Lipinski definition) is 1. The van der Waals surface area contributed by atoms with E-state index in [4.69, 9.17) is 0 Å². The summed E-state index contributed by atoms with van der Waals surface area (Å²) in [6.45, 7) is 2.26. The quantitative estimate of drug-likeness (QED) is 0.455. The zero-order valence-electron chi connectivity index (χ0n) is 12.0. The van der Waals surface area contributed by atoms with Gasteiger partial charge in [0.15, 0.2) is 0 Å². The normalized spacial score (nSPS) is 12.8. The Kier molecular flexibility index (Phi) is 9.84. The van der Waals surface area contributed by atoms with Crippen LogP contribution in [0.2, 0.25) is 0 Å². The Bertz CT molecular complexity index is 324. The molecule has 19 heavy (non-hydrogen) atoms. The van der Waals surface area contributed by atoms with Crippen LogP contribution in [0.15, 0.2) is 15.9 Å². The summed E-state index contributed by atoms with van der Waals surface area (Å²) in [5.41, 5.74) is 0. The van der Waals surface area contributed by atoms with Gasteiger partial charge in [0.2, 0.25) is 0 Å². The SMILES string of the molecule is CCCCCCCCCCCC(O)c1ccc(Br)s1. The Morgan fingerprint density at radius 3 is 2.11 bits per heavy atom. The maximum absolute atomic E-state index is 10.0. The second kappa shape index (κ2) is 10.9. The van der Waals surface area contributed by atoms with Crippen molar-refractivity contribution in [3.63, 3.8) is 0 Å². The van der Waals surface area contributed by atoms with Crippen LogP contribution in [-0.4, -0.2) is 5.11 Å². The topological polar surface area (TPSA) is 20.2 Å². The van der Waals surface area contributed by atoms with E-state index < -0.39 is 0 Å². The molecular formula is C16H27BrOS. The van der Waals surface area contributed by atoms with Gasteiger partial charge in [-0.2, -0.15) is 0 Å². The van der Waals surface area contributed by atoms with Crippen LogP contribution in [0.4, 0.5) is 0 Å². The molecule has 0 fully saturated rings. The Balaban J connectivity index is 1.93. The second-order valence-electron chi connectivity index (χ2n) is 5.27. The van der Waals surface area contributed by atoms with Crippen molar-refractivity contribution in [3.8, 4) is 0 Å². The lowest BCUT2D eigenvalue weighted by Gasteiger charge is -2.08. The largest absolute Gasteiger partial charge is 0.388 e. The number of unbranched alkanes of at least 4 members (excludes halogenated alkanes) is 8. The van der Waals surface area contributed by atoms with Crippen LogP contribution in [0.5, 0.6) is 0 Å². The molecule has 0 saturated carbocycles. The molecule has 1 aromatic heterocycles. The van der Waals surface area contributed by atoms with Crippen LogP contribution in [0, 0.1) is 0 Å². The molecule has 1 N–H and O–H groups in total. The molecule has 0 aliphatic carbocycles. The second-order valence-corrected chi connectivity index (χ2v) is 7.77. The minimum absolute atomic E-state index is 0.263. The highest BCUT2D eigenvalue weighted by molar-refractivity contribution is 9.11. The van der Waals surface area contributed by atoms with Crippen LogP contribution in [0.3, 0.4) is 0 Å². The van der Waals surface area contributed by atoms with E-state index in [0.717, 1.165) is 21.5 Å². The Labute approximate surface area is 130 Å². The Morgan fingerprint density at radius 1 is 1.00 bits per heavy atom. The molecule has 0 spiro atoms. The minimum Gasteiger partial charge on any atom is -0.388 e. The van der Waals surface area contributed by atoms with Crippen molar-refractivity contribution < 1.29 is 5.11 Å². The minimum atomic E-state index is -0.263. The maximum Gasteiger partial charge on any atom is 0.0882 e. The van der Waals surface area contributed by atoms with Crippen LogP contribution in [0.1, 0.15) is 82.1 Å². The Morgan fingerprint density at radius 2 is 1.58 bits per heavy atom. The van der Waals surface area contributed by atoms with Gasteiger partial charge < -0.3 is 5.11 Å². The number of aliphatic hydroxyl groups excluding tert-OH is 1. The van der Waals surface area contributed by atoms with E-state index in [0.29, 0.717) is 0 Å². The van der Waals surface area contributed by atoms with Crippen molar-refractivity contribution in [1.82, 2.24) is 0 Å². The molecule has 1 atom stereocenters. The lowest BCUT2D eigenvalue weighted by Crippen LogP contribution is -1.94. The number of hydrogen-bond acceptors (Lipinski definition) is 2. The van der Waals surface area contributed by atoms with E-state index >= 15 is 0 Å². The molecule has 1 heterocycles. The summed E-state index contributed by atoms with van der Waals surface area (Å²) in [7, 11) is 0. The molecule has 0 aliphatic rings. The van der Waals surface area contributed by atoms with Crippen molar-refractivity contribution >= 4 is 27.3 Å².